The third kappa shape index (κ3) is 2.65. The SMILES string of the molecule is CC(C)(C)c1cn2nc(NCc3cccnc3)sc2n1. The number of aromatic nitrogens is 4. The second-order valence-electron chi connectivity index (χ2n) is 5.73. The van der Waals surface area contributed by atoms with Gasteiger partial charge < -0.3 is 5.32 Å². The van der Waals surface area contributed by atoms with Crippen LogP contribution in [0.25, 0.3) is 4.96 Å². The number of nitrogens with zero attached hydrogens (tertiary/aromatic N) is 4. The topological polar surface area (TPSA) is 55.1 Å². The summed E-state index contributed by atoms with van der Waals surface area (Å²) >= 11 is 1.56. The minimum atomic E-state index is 0.0523. The molecule has 3 heterocycles. The highest BCUT2D eigenvalue weighted by Crippen LogP contribution is 2.25. The normalized spacial score (nSPS) is 11.9. The fourth-order valence-corrected chi connectivity index (χ4v) is 2.59. The summed E-state index contributed by atoms with van der Waals surface area (Å²) in [6, 6.07) is 3.97. The Morgan fingerprint density at radius 2 is 2.20 bits per heavy atom. The minimum absolute atomic E-state index is 0.0523. The van der Waals surface area contributed by atoms with Crippen LogP contribution in [-0.4, -0.2) is 19.6 Å². The molecule has 0 aliphatic heterocycles. The molecular weight excluding hydrogens is 270 g/mol. The summed E-state index contributed by atoms with van der Waals surface area (Å²) in [5, 5.41) is 8.68. The van der Waals surface area contributed by atoms with Gasteiger partial charge in [-0.05, 0) is 11.6 Å². The van der Waals surface area contributed by atoms with Crippen LogP contribution in [-0.2, 0) is 12.0 Å². The van der Waals surface area contributed by atoms with Gasteiger partial charge >= 0.3 is 0 Å². The zero-order valence-corrected chi connectivity index (χ0v) is 12.6. The third-order valence-corrected chi connectivity index (χ3v) is 3.86. The number of rotatable bonds is 3. The first-order chi connectivity index (χ1) is 9.52. The fourth-order valence-electron chi connectivity index (χ4n) is 1.81. The Kier molecular flexibility index (Phi) is 3.17. The van der Waals surface area contributed by atoms with Crippen LogP contribution >= 0.6 is 11.3 Å². The largest absolute Gasteiger partial charge is 0.356 e. The molecule has 3 aromatic rings. The average molecular weight is 287 g/mol. The zero-order chi connectivity index (χ0) is 14.2. The molecule has 0 bridgehead atoms. The lowest BCUT2D eigenvalue weighted by atomic mass is 9.93. The molecule has 0 spiro atoms. The van der Waals surface area contributed by atoms with Crippen LogP contribution in [0.5, 0.6) is 0 Å². The van der Waals surface area contributed by atoms with Gasteiger partial charge in [-0.25, -0.2) is 9.50 Å². The van der Waals surface area contributed by atoms with E-state index in [0.29, 0.717) is 0 Å². The highest BCUT2D eigenvalue weighted by Gasteiger charge is 2.19. The van der Waals surface area contributed by atoms with Crippen molar-refractivity contribution in [2.24, 2.45) is 0 Å². The van der Waals surface area contributed by atoms with Crippen molar-refractivity contribution in [3.05, 3.63) is 42.0 Å². The molecule has 0 atom stereocenters. The first-order valence-corrected chi connectivity index (χ1v) is 7.33. The average Bonchev–Trinajstić information content (AvgIpc) is 2.95. The Bertz CT molecular complexity index is 677. The van der Waals surface area contributed by atoms with E-state index in [4.69, 9.17) is 0 Å². The first kappa shape index (κ1) is 13.1. The van der Waals surface area contributed by atoms with Gasteiger partial charge in [0.2, 0.25) is 10.1 Å². The number of nitrogens with one attached hydrogen (secondary N) is 1. The van der Waals surface area contributed by atoms with Gasteiger partial charge in [0, 0.05) is 24.4 Å². The summed E-state index contributed by atoms with van der Waals surface area (Å²) in [7, 11) is 0. The monoisotopic (exact) mass is 287 g/mol. The maximum Gasteiger partial charge on any atom is 0.214 e. The maximum atomic E-state index is 4.63. The van der Waals surface area contributed by atoms with Crippen molar-refractivity contribution in [1.29, 1.82) is 0 Å². The first-order valence-electron chi connectivity index (χ1n) is 6.52. The molecule has 0 saturated heterocycles. The highest BCUT2D eigenvalue weighted by atomic mass is 32.1. The maximum absolute atomic E-state index is 4.63. The molecule has 0 aliphatic rings. The summed E-state index contributed by atoms with van der Waals surface area (Å²) in [6.07, 6.45) is 5.62. The van der Waals surface area contributed by atoms with Gasteiger partial charge in [-0.3, -0.25) is 4.98 Å². The van der Waals surface area contributed by atoms with Crippen molar-refractivity contribution in [2.45, 2.75) is 32.7 Å². The van der Waals surface area contributed by atoms with Crippen LogP contribution < -0.4 is 5.32 Å². The lowest BCUT2D eigenvalue weighted by Gasteiger charge is -2.13. The van der Waals surface area contributed by atoms with Crippen molar-refractivity contribution in [3.8, 4) is 0 Å². The standard InChI is InChI=1S/C14H17N5S/c1-14(2,3)11-9-19-13(17-11)20-12(18-19)16-8-10-5-4-6-15-7-10/h4-7,9H,8H2,1-3H3,(H,16,18). The number of pyridine rings is 1. The van der Waals surface area contributed by atoms with E-state index >= 15 is 0 Å². The quantitative estimate of drug-likeness (QED) is 0.804. The molecule has 0 amide bonds. The predicted octanol–water partition coefficient (Wildman–Crippen LogP) is 3.10. The van der Waals surface area contributed by atoms with Gasteiger partial charge in [0.15, 0.2) is 0 Å². The molecule has 0 aromatic carbocycles. The minimum Gasteiger partial charge on any atom is -0.356 e. The molecule has 0 radical (unpaired) electrons. The molecule has 3 aromatic heterocycles. The molecule has 0 saturated carbocycles. The van der Waals surface area contributed by atoms with Gasteiger partial charge in [0.05, 0.1) is 11.9 Å². The summed E-state index contributed by atoms with van der Waals surface area (Å²) in [5.74, 6) is 0. The number of hydrogen-bond acceptors (Lipinski definition) is 5. The Labute approximate surface area is 121 Å². The smallest absolute Gasteiger partial charge is 0.214 e. The Hall–Kier alpha value is -1.95. The summed E-state index contributed by atoms with van der Waals surface area (Å²) in [6.45, 7) is 7.18. The van der Waals surface area contributed by atoms with Gasteiger partial charge in [-0.15, -0.1) is 5.10 Å². The Morgan fingerprint density at radius 1 is 1.35 bits per heavy atom. The van der Waals surface area contributed by atoms with Crippen LogP contribution in [0, 0.1) is 0 Å². The van der Waals surface area contributed by atoms with Gasteiger partial charge in [-0.2, -0.15) is 0 Å². The van der Waals surface area contributed by atoms with E-state index in [0.717, 1.165) is 27.9 Å². The predicted molar refractivity (Wildman–Crippen MR) is 81.1 cm³/mol. The Balaban J connectivity index is 1.75. The van der Waals surface area contributed by atoms with Crippen molar-refractivity contribution in [1.82, 2.24) is 19.6 Å². The summed E-state index contributed by atoms with van der Waals surface area (Å²) < 4.78 is 1.84. The van der Waals surface area contributed by atoms with Crippen LogP contribution in [0.15, 0.2) is 30.7 Å². The highest BCUT2D eigenvalue weighted by molar-refractivity contribution is 7.20. The van der Waals surface area contributed by atoms with Crippen molar-refractivity contribution in [3.63, 3.8) is 0 Å². The fraction of sp³-hybridized carbons (Fsp3) is 0.357. The zero-order valence-electron chi connectivity index (χ0n) is 11.8. The van der Waals surface area contributed by atoms with Crippen LogP contribution in [0.1, 0.15) is 32.0 Å². The molecule has 0 unspecified atom stereocenters. The molecule has 20 heavy (non-hydrogen) atoms. The molecule has 104 valence electrons. The van der Waals surface area contributed by atoms with E-state index < -0.39 is 0 Å². The van der Waals surface area contributed by atoms with Crippen molar-refractivity contribution >= 4 is 21.4 Å². The lowest BCUT2D eigenvalue weighted by Crippen LogP contribution is -2.11. The van der Waals surface area contributed by atoms with E-state index in [1.807, 2.05) is 29.0 Å². The van der Waals surface area contributed by atoms with E-state index in [1.54, 1.807) is 17.5 Å². The molecule has 1 N–H and O–H groups in total. The van der Waals surface area contributed by atoms with Gasteiger partial charge in [0.25, 0.3) is 0 Å². The summed E-state index contributed by atoms with van der Waals surface area (Å²) in [5.41, 5.74) is 2.25. The Morgan fingerprint density at radius 3 is 2.85 bits per heavy atom. The third-order valence-electron chi connectivity index (χ3n) is 2.98. The van der Waals surface area contributed by atoms with Gasteiger partial charge in [-0.1, -0.05) is 38.2 Å². The second-order valence-corrected chi connectivity index (χ2v) is 6.68. The molecule has 5 nitrogen and oxygen atoms in total. The van der Waals surface area contributed by atoms with Crippen LogP contribution in [0.4, 0.5) is 5.13 Å². The number of fused-ring (bicyclic) bond motifs is 1. The van der Waals surface area contributed by atoms with E-state index in [2.05, 4.69) is 41.2 Å². The van der Waals surface area contributed by atoms with Crippen LogP contribution in [0.2, 0.25) is 0 Å². The molecule has 6 heteroatoms. The van der Waals surface area contributed by atoms with Crippen molar-refractivity contribution in [2.75, 3.05) is 5.32 Å². The van der Waals surface area contributed by atoms with Gasteiger partial charge in [0.1, 0.15) is 0 Å². The molecular formula is C14H17N5S. The number of hydrogen-bond donors (Lipinski definition) is 1. The van der Waals surface area contributed by atoms with E-state index in [-0.39, 0.29) is 5.41 Å². The molecule has 3 rings (SSSR count). The second kappa shape index (κ2) is 4.86. The number of imidazole rings is 1. The molecule has 0 fully saturated rings. The van der Waals surface area contributed by atoms with E-state index in [9.17, 15) is 0 Å². The number of anilines is 1. The lowest BCUT2D eigenvalue weighted by molar-refractivity contribution is 0.572. The van der Waals surface area contributed by atoms with Crippen molar-refractivity contribution < 1.29 is 0 Å². The van der Waals surface area contributed by atoms with Crippen LogP contribution in [0.3, 0.4) is 0 Å². The summed E-state index contributed by atoms with van der Waals surface area (Å²) in [4.78, 5) is 9.64. The molecule has 0 aliphatic carbocycles. The van der Waals surface area contributed by atoms with E-state index in [1.165, 1.54) is 0 Å².